The first-order valence-corrected chi connectivity index (χ1v) is 9.13. The molecule has 0 aliphatic rings. The lowest BCUT2D eigenvalue weighted by Gasteiger charge is -2.13. The van der Waals surface area contributed by atoms with Crippen molar-refractivity contribution in [3.8, 4) is 11.5 Å². The summed E-state index contributed by atoms with van der Waals surface area (Å²) >= 11 is 0. The van der Waals surface area contributed by atoms with Crippen LogP contribution in [0.25, 0.3) is 0 Å². The van der Waals surface area contributed by atoms with E-state index in [1.54, 1.807) is 7.05 Å². The molecule has 2 aromatic carbocycles. The summed E-state index contributed by atoms with van der Waals surface area (Å²) in [5.74, 6) is 0.987. The predicted molar refractivity (Wildman–Crippen MR) is 107 cm³/mol. The Labute approximate surface area is 164 Å². The Kier molecular flexibility index (Phi) is 7.62. The molecular formula is C20H25N3O5. The molecule has 8 nitrogen and oxygen atoms in total. The fourth-order valence-electron chi connectivity index (χ4n) is 2.72. The number of hydrogen-bond donors (Lipinski definition) is 2. The number of hydrogen-bond acceptors (Lipinski definition) is 6. The van der Waals surface area contributed by atoms with Crippen LogP contribution in [0.4, 0.5) is 11.4 Å². The zero-order chi connectivity index (χ0) is 20.5. The molecule has 0 aromatic heterocycles. The molecule has 0 aliphatic heterocycles. The normalized spacial score (nSPS) is 10.2. The van der Waals surface area contributed by atoms with Gasteiger partial charge in [0.05, 0.1) is 23.7 Å². The molecule has 8 heteroatoms. The Hall–Kier alpha value is -3.29. The molecule has 0 saturated carbocycles. The molecule has 0 bridgehead atoms. The molecule has 0 radical (unpaired) electrons. The number of nitro groups is 1. The predicted octanol–water partition coefficient (Wildman–Crippen LogP) is 3.41. The minimum Gasteiger partial charge on any atom is -0.490 e. The van der Waals surface area contributed by atoms with E-state index in [1.807, 2.05) is 32.0 Å². The first-order chi connectivity index (χ1) is 13.5. The van der Waals surface area contributed by atoms with E-state index >= 15 is 0 Å². The van der Waals surface area contributed by atoms with Crippen molar-refractivity contribution in [2.45, 2.75) is 20.3 Å². The van der Waals surface area contributed by atoms with Crippen LogP contribution in [0.15, 0.2) is 36.4 Å². The third-order valence-electron chi connectivity index (χ3n) is 4.03. The van der Waals surface area contributed by atoms with Crippen LogP contribution >= 0.6 is 0 Å². The van der Waals surface area contributed by atoms with E-state index in [0.29, 0.717) is 43.4 Å². The van der Waals surface area contributed by atoms with Crippen LogP contribution in [-0.4, -0.2) is 37.6 Å². The summed E-state index contributed by atoms with van der Waals surface area (Å²) < 4.78 is 11.2. The van der Waals surface area contributed by atoms with Crippen LogP contribution in [0.1, 0.15) is 29.8 Å². The van der Waals surface area contributed by atoms with Crippen molar-refractivity contribution < 1.29 is 19.2 Å². The molecule has 2 rings (SSSR count). The van der Waals surface area contributed by atoms with Crippen LogP contribution in [0.3, 0.4) is 0 Å². The number of carbonyl (C=O) groups excluding carboxylic acids is 1. The maximum Gasteiger partial charge on any atom is 0.270 e. The van der Waals surface area contributed by atoms with Gasteiger partial charge in [-0.2, -0.15) is 0 Å². The van der Waals surface area contributed by atoms with Gasteiger partial charge in [-0.25, -0.2) is 0 Å². The monoisotopic (exact) mass is 387 g/mol. The number of nitrogens with one attached hydrogen (secondary N) is 2. The first kappa shape index (κ1) is 21.0. The highest BCUT2D eigenvalue weighted by Crippen LogP contribution is 2.28. The smallest absolute Gasteiger partial charge is 0.270 e. The number of anilines is 1. The van der Waals surface area contributed by atoms with Gasteiger partial charge < -0.3 is 20.1 Å². The summed E-state index contributed by atoms with van der Waals surface area (Å²) in [6.45, 7) is 5.27. The molecule has 0 unspecified atom stereocenters. The van der Waals surface area contributed by atoms with Crippen molar-refractivity contribution in [1.82, 2.24) is 5.32 Å². The molecular weight excluding hydrogens is 362 g/mol. The molecule has 150 valence electrons. The Bertz CT molecular complexity index is 839. The Morgan fingerprint density at radius 2 is 1.79 bits per heavy atom. The second-order valence-electron chi connectivity index (χ2n) is 5.89. The fourth-order valence-corrected chi connectivity index (χ4v) is 2.72. The highest BCUT2D eigenvalue weighted by molar-refractivity contribution is 6.00. The lowest BCUT2D eigenvalue weighted by molar-refractivity contribution is -0.384. The third-order valence-corrected chi connectivity index (χ3v) is 4.03. The molecule has 0 heterocycles. The van der Waals surface area contributed by atoms with Crippen molar-refractivity contribution in [2.75, 3.05) is 32.1 Å². The van der Waals surface area contributed by atoms with Crippen molar-refractivity contribution >= 4 is 17.3 Å². The Morgan fingerprint density at radius 3 is 2.43 bits per heavy atom. The number of ether oxygens (including phenoxy) is 2. The largest absolute Gasteiger partial charge is 0.490 e. The van der Waals surface area contributed by atoms with Gasteiger partial charge in [-0.05, 0) is 44.0 Å². The van der Waals surface area contributed by atoms with E-state index in [1.165, 1.54) is 18.2 Å². The summed E-state index contributed by atoms with van der Waals surface area (Å²) in [4.78, 5) is 22.9. The zero-order valence-corrected chi connectivity index (χ0v) is 16.3. The lowest BCUT2D eigenvalue weighted by Crippen LogP contribution is -2.26. The number of benzene rings is 2. The van der Waals surface area contributed by atoms with E-state index in [0.717, 1.165) is 5.56 Å². The van der Waals surface area contributed by atoms with Crippen molar-refractivity contribution in [1.29, 1.82) is 0 Å². The van der Waals surface area contributed by atoms with E-state index in [-0.39, 0.29) is 17.2 Å². The van der Waals surface area contributed by atoms with Crippen LogP contribution < -0.4 is 20.1 Å². The minimum atomic E-state index is -0.522. The molecule has 0 aliphatic carbocycles. The molecule has 2 N–H and O–H groups in total. The van der Waals surface area contributed by atoms with Crippen molar-refractivity contribution in [3.05, 3.63) is 57.6 Å². The quantitative estimate of drug-likeness (QED) is 0.478. The number of nitro benzene ring substituents is 1. The van der Waals surface area contributed by atoms with Gasteiger partial charge in [0, 0.05) is 31.4 Å². The van der Waals surface area contributed by atoms with Gasteiger partial charge in [0.1, 0.15) is 0 Å². The minimum absolute atomic E-state index is 0.128. The van der Waals surface area contributed by atoms with E-state index < -0.39 is 4.92 Å². The average Bonchev–Trinajstić information content (AvgIpc) is 2.69. The van der Waals surface area contributed by atoms with Gasteiger partial charge in [-0.1, -0.05) is 6.07 Å². The summed E-state index contributed by atoms with van der Waals surface area (Å²) in [6.07, 6.45) is 0.585. The number of nitrogens with zero attached hydrogens (tertiary/aromatic N) is 1. The van der Waals surface area contributed by atoms with Crippen LogP contribution in [0.5, 0.6) is 11.5 Å². The highest BCUT2D eigenvalue weighted by Gasteiger charge is 2.16. The molecule has 0 fully saturated rings. The SMILES string of the molecule is CCOc1ccc(CCNC(=O)c2cc([N+](=O)[O-])ccc2NC)cc1OCC. The zero-order valence-electron chi connectivity index (χ0n) is 16.3. The third kappa shape index (κ3) is 5.35. The van der Waals surface area contributed by atoms with Gasteiger partial charge in [0.15, 0.2) is 11.5 Å². The molecule has 0 atom stereocenters. The molecule has 2 aromatic rings. The second-order valence-corrected chi connectivity index (χ2v) is 5.89. The van der Waals surface area contributed by atoms with Crippen LogP contribution in [0.2, 0.25) is 0 Å². The van der Waals surface area contributed by atoms with E-state index in [2.05, 4.69) is 10.6 Å². The second kappa shape index (κ2) is 10.1. The maximum atomic E-state index is 12.5. The fraction of sp³-hybridized carbons (Fsp3) is 0.350. The van der Waals surface area contributed by atoms with Gasteiger partial charge in [0.2, 0.25) is 0 Å². The van der Waals surface area contributed by atoms with Crippen molar-refractivity contribution in [2.24, 2.45) is 0 Å². The Morgan fingerprint density at radius 1 is 1.07 bits per heavy atom. The summed E-state index contributed by atoms with van der Waals surface area (Å²) in [5.41, 5.74) is 1.62. The van der Waals surface area contributed by atoms with E-state index in [4.69, 9.17) is 9.47 Å². The van der Waals surface area contributed by atoms with E-state index in [9.17, 15) is 14.9 Å². The van der Waals surface area contributed by atoms with Gasteiger partial charge in [-0.15, -0.1) is 0 Å². The number of carbonyl (C=O) groups is 1. The summed E-state index contributed by atoms with van der Waals surface area (Å²) in [6, 6.07) is 9.82. The molecule has 28 heavy (non-hydrogen) atoms. The maximum absolute atomic E-state index is 12.5. The van der Waals surface area contributed by atoms with Crippen LogP contribution in [-0.2, 0) is 6.42 Å². The molecule has 0 saturated heterocycles. The standard InChI is InChI=1S/C20H25N3O5/c1-4-27-18-9-6-14(12-19(18)28-5-2)10-11-22-20(24)16-13-15(23(25)26)7-8-17(16)21-3/h6-9,12-13,21H,4-5,10-11H2,1-3H3,(H,22,24). The lowest BCUT2D eigenvalue weighted by atomic mass is 10.1. The number of non-ortho nitro benzene ring substituents is 1. The van der Waals surface area contributed by atoms with Gasteiger partial charge in [-0.3, -0.25) is 14.9 Å². The van der Waals surface area contributed by atoms with Crippen molar-refractivity contribution in [3.63, 3.8) is 0 Å². The number of amides is 1. The average molecular weight is 387 g/mol. The highest BCUT2D eigenvalue weighted by atomic mass is 16.6. The van der Waals surface area contributed by atoms with Gasteiger partial charge >= 0.3 is 0 Å². The van der Waals surface area contributed by atoms with Crippen LogP contribution in [0, 0.1) is 10.1 Å². The topological polar surface area (TPSA) is 103 Å². The Balaban J connectivity index is 2.05. The summed E-state index contributed by atoms with van der Waals surface area (Å²) in [7, 11) is 1.66. The number of rotatable bonds is 10. The molecule has 0 spiro atoms. The first-order valence-electron chi connectivity index (χ1n) is 9.13. The molecule has 1 amide bonds. The van der Waals surface area contributed by atoms with Gasteiger partial charge in [0.25, 0.3) is 11.6 Å². The summed E-state index contributed by atoms with van der Waals surface area (Å²) in [5, 5.41) is 16.6.